The molecule has 8 nitrogen and oxygen atoms in total. The van der Waals surface area contributed by atoms with Gasteiger partial charge in [0, 0.05) is 6.20 Å². The third kappa shape index (κ3) is 3.41. The van der Waals surface area contributed by atoms with E-state index in [1.807, 2.05) is 6.92 Å². The summed E-state index contributed by atoms with van der Waals surface area (Å²) in [5.74, 6) is -1.13. The summed E-state index contributed by atoms with van der Waals surface area (Å²) in [4.78, 5) is 30.3. The van der Waals surface area contributed by atoms with Crippen LogP contribution in [0.15, 0.2) is 22.3 Å². The molecule has 0 saturated carbocycles. The summed E-state index contributed by atoms with van der Waals surface area (Å²) < 4.78 is 1.33. The Bertz CT molecular complexity index is 633. The molecule has 0 amide bonds. The monoisotopic (exact) mass is 281 g/mol. The van der Waals surface area contributed by atoms with Crippen LogP contribution in [-0.2, 0) is 11.3 Å². The molecule has 2 aromatic heterocycles. The van der Waals surface area contributed by atoms with Gasteiger partial charge in [-0.2, -0.15) is 0 Å². The fourth-order valence-electron chi connectivity index (χ4n) is 1.34. The van der Waals surface area contributed by atoms with Gasteiger partial charge in [0.1, 0.15) is 0 Å². The molecule has 0 aliphatic heterocycles. The summed E-state index contributed by atoms with van der Waals surface area (Å²) in [5, 5.41) is 15.0. The number of hydrogen-bond donors (Lipinski definition) is 2. The van der Waals surface area contributed by atoms with Crippen LogP contribution in [0.1, 0.15) is 11.4 Å². The minimum Gasteiger partial charge on any atom is -0.481 e. The van der Waals surface area contributed by atoms with E-state index >= 15 is 0 Å². The molecule has 0 saturated heterocycles. The summed E-state index contributed by atoms with van der Waals surface area (Å²) in [6.45, 7) is 2.01. The molecule has 0 spiro atoms. The predicted molar refractivity (Wildman–Crippen MR) is 67.1 cm³/mol. The van der Waals surface area contributed by atoms with Crippen LogP contribution in [0.3, 0.4) is 0 Å². The molecule has 0 fully saturated rings. The average molecular weight is 281 g/mol. The Morgan fingerprint density at radius 2 is 2.26 bits per heavy atom. The van der Waals surface area contributed by atoms with Crippen molar-refractivity contribution in [3.05, 3.63) is 34.3 Å². The van der Waals surface area contributed by atoms with E-state index < -0.39 is 11.7 Å². The Morgan fingerprint density at radius 1 is 1.47 bits per heavy atom. The van der Waals surface area contributed by atoms with E-state index in [-0.39, 0.29) is 12.3 Å². The first-order valence-electron chi connectivity index (χ1n) is 5.33. The lowest BCUT2D eigenvalue weighted by molar-refractivity contribution is -0.133. The van der Waals surface area contributed by atoms with Gasteiger partial charge >= 0.3 is 11.7 Å². The minimum absolute atomic E-state index is 0.163. The van der Waals surface area contributed by atoms with E-state index in [0.717, 1.165) is 17.5 Å². The average Bonchev–Trinajstić information content (AvgIpc) is 2.71. The van der Waals surface area contributed by atoms with E-state index in [0.29, 0.717) is 10.9 Å². The zero-order valence-corrected chi connectivity index (χ0v) is 10.8. The van der Waals surface area contributed by atoms with Gasteiger partial charge in [0.15, 0.2) is 5.16 Å². The standard InChI is InChI=1S/C10H11N5O3S/c1-6-2-12-7(3-11-6)4-15-9(18)13-14-10(15)19-5-8(16)17/h2-3H,4-5H2,1H3,(H,13,18)(H,16,17). The number of hydrogen-bond acceptors (Lipinski definition) is 6. The zero-order chi connectivity index (χ0) is 13.8. The number of aliphatic carboxylic acids is 1. The normalized spacial score (nSPS) is 10.6. The van der Waals surface area contributed by atoms with E-state index in [1.54, 1.807) is 12.4 Å². The van der Waals surface area contributed by atoms with Gasteiger partial charge < -0.3 is 5.11 Å². The lowest BCUT2D eigenvalue weighted by atomic mass is 10.4. The number of aryl methyl sites for hydroxylation is 1. The first-order valence-corrected chi connectivity index (χ1v) is 6.32. The van der Waals surface area contributed by atoms with Crippen molar-refractivity contribution in [2.75, 3.05) is 5.75 Å². The molecule has 2 rings (SSSR count). The van der Waals surface area contributed by atoms with Crippen LogP contribution in [0.5, 0.6) is 0 Å². The van der Waals surface area contributed by atoms with E-state index in [1.165, 1.54) is 4.57 Å². The second kappa shape index (κ2) is 5.65. The first-order chi connectivity index (χ1) is 9.06. The number of carboxylic acids is 1. The molecule has 19 heavy (non-hydrogen) atoms. The highest BCUT2D eigenvalue weighted by molar-refractivity contribution is 7.99. The van der Waals surface area contributed by atoms with Crippen molar-refractivity contribution in [3.63, 3.8) is 0 Å². The van der Waals surface area contributed by atoms with Gasteiger partial charge in [0.2, 0.25) is 0 Å². The molecule has 0 aromatic carbocycles. The molecule has 100 valence electrons. The second-order valence-corrected chi connectivity index (χ2v) is 4.67. The molecule has 0 radical (unpaired) electrons. The van der Waals surface area contributed by atoms with Crippen molar-refractivity contribution < 1.29 is 9.90 Å². The maximum absolute atomic E-state index is 11.6. The third-order valence-corrected chi connectivity index (χ3v) is 3.16. The first kappa shape index (κ1) is 13.3. The molecular weight excluding hydrogens is 270 g/mol. The molecule has 9 heteroatoms. The van der Waals surface area contributed by atoms with Gasteiger partial charge in [0.25, 0.3) is 0 Å². The number of rotatable bonds is 5. The van der Waals surface area contributed by atoms with Crippen LogP contribution in [-0.4, -0.2) is 41.6 Å². The molecule has 0 atom stereocenters. The number of nitrogens with one attached hydrogen (secondary N) is 1. The second-order valence-electron chi connectivity index (χ2n) is 3.73. The van der Waals surface area contributed by atoms with Crippen LogP contribution in [0.4, 0.5) is 0 Å². The molecule has 2 aromatic rings. The summed E-state index contributed by atoms with van der Waals surface area (Å²) in [6, 6.07) is 0. The maximum Gasteiger partial charge on any atom is 0.344 e. The number of nitrogens with zero attached hydrogens (tertiary/aromatic N) is 4. The Balaban J connectivity index is 2.19. The molecule has 2 heterocycles. The van der Waals surface area contributed by atoms with Gasteiger partial charge in [-0.1, -0.05) is 11.8 Å². The summed E-state index contributed by atoms with van der Waals surface area (Å²) in [5.41, 5.74) is 0.977. The number of H-pyrrole nitrogens is 1. The molecule has 0 aliphatic rings. The van der Waals surface area contributed by atoms with Crippen LogP contribution >= 0.6 is 11.8 Å². The van der Waals surface area contributed by atoms with Gasteiger partial charge in [-0.3, -0.25) is 19.3 Å². The summed E-state index contributed by atoms with van der Waals surface area (Å²) >= 11 is 0.971. The van der Waals surface area contributed by atoms with Crippen molar-refractivity contribution in [2.45, 2.75) is 18.6 Å². The van der Waals surface area contributed by atoms with Crippen LogP contribution in [0.2, 0.25) is 0 Å². The van der Waals surface area contributed by atoms with E-state index in [9.17, 15) is 9.59 Å². The molecule has 0 bridgehead atoms. The molecule has 0 unspecified atom stereocenters. The lowest BCUT2D eigenvalue weighted by Crippen LogP contribution is -2.19. The molecule has 2 N–H and O–H groups in total. The molecule has 0 aliphatic carbocycles. The highest BCUT2D eigenvalue weighted by Gasteiger charge is 2.11. The number of aromatic nitrogens is 5. The smallest absolute Gasteiger partial charge is 0.344 e. The SMILES string of the molecule is Cc1cnc(Cn2c(SCC(=O)O)n[nH]c2=O)cn1. The number of aromatic amines is 1. The van der Waals surface area contributed by atoms with E-state index in [4.69, 9.17) is 5.11 Å². The predicted octanol–water partition coefficient (Wildman–Crippen LogP) is -0.105. The van der Waals surface area contributed by atoms with Crippen molar-refractivity contribution in [1.29, 1.82) is 0 Å². The molecular formula is C10H11N5O3S. The van der Waals surface area contributed by atoms with Crippen LogP contribution < -0.4 is 5.69 Å². The minimum atomic E-state index is -0.970. The Labute approximate surface area is 111 Å². The Morgan fingerprint density at radius 3 is 2.89 bits per heavy atom. The fourth-order valence-corrected chi connectivity index (χ4v) is 2.01. The number of carboxylic acid groups (broad SMARTS) is 1. The number of thioether (sulfide) groups is 1. The van der Waals surface area contributed by atoms with Crippen molar-refractivity contribution >= 4 is 17.7 Å². The van der Waals surface area contributed by atoms with Crippen molar-refractivity contribution in [1.82, 2.24) is 24.7 Å². The summed E-state index contributed by atoms with van der Waals surface area (Å²) in [6.07, 6.45) is 3.17. The highest BCUT2D eigenvalue weighted by atomic mass is 32.2. The van der Waals surface area contributed by atoms with E-state index in [2.05, 4.69) is 20.2 Å². The Hall–Kier alpha value is -2.16. The van der Waals surface area contributed by atoms with Crippen LogP contribution in [0, 0.1) is 6.92 Å². The lowest BCUT2D eigenvalue weighted by Gasteiger charge is -2.03. The van der Waals surface area contributed by atoms with Crippen molar-refractivity contribution in [2.24, 2.45) is 0 Å². The topological polar surface area (TPSA) is 114 Å². The highest BCUT2D eigenvalue weighted by Crippen LogP contribution is 2.13. The summed E-state index contributed by atoms with van der Waals surface area (Å²) in [7, 11) is 0. The van der Waals surface area contributed by atoms with Crippen LogP contribution in [0.25, 0.3) is 0 Å². The maximum atomic E-state index is 11.6. The van der Waals surface area contributed by atoms with Gasteiger partial charge in [0.05, 0.1) is 29.9 Å². The Kier molecular flexibility index (Phi) is 3.95. The van der Waals surface area contributed by atoms with Crippen molar-refractivity contribution in [3.8, 4) is 0 Å². The van der Waals surface area contributed by atoms with Gasteiger partial charge in [-0.25, -0.2) is 9.89 Å². The van der Waals surface area contributed by atoms with Gasteiger partial charge in [-0.05, 0) is 6.92 Å². The fraction of sp³-hybridized carbons (Fsp3) is 0.300. The zero-order valence-electron chi connectivity index (χ0n) is 10.0. The third-order valence-electron chi connectivity index (χ3n) is 2.20. The largest absolute Gasteiger partial charge is 0.481 e. The number of carbonyl (C=O) groups is 1. The quantitative estimate of drug-likeness (QED) is 0.735. The van der Waals surface area contributed by atoms with Gasteiger partial charge in [-0.15, -0.1) is 5.10 Å².